The number of ether oxygens (including phenoxy) is 3. The molecule has 1 aromatic carbocycles. The van der Waals surface area contributed by atoms with E-state index in [0.717, 1.165) is 63.8 Å². The van der Waals surface area contributed by atoms with Gasteiger partial charge in [0.2, 0.25) is 5.28 Å². The van der Waals surface area contributed by atoms with Crippen LogP contribution in [0, 0.1) is 3.57 Å². The second kappa shape index (κ2) is 8.96. The molecule has 0 spiro atoms. The summed E-state index contributed by atoms with van der Waals surface area (Å²) >= 11 is 10.4. The Labute approximate surface area is 198 Å². The van der Waals surface area contributed by atoms with Crippen LogP contribution in [0.1, 0.15) is 42.7 Å². The number of rotatable bonds is 7. The van der Waals surface area contributed by atoms with Crippen molar-refractivity contribution >= 4 is 56.4 Å². The zero-order chi connectivity index (χ0) is 20.6. The zero-order valence-electron chi connectivity index (χ0n) is 16.4. The summed E-state index contributed by atoms with van der Waals surface area (Å²) in [6.45, 7) is 1.06. The van der Waals surface area contributed by atoms with Crippen molar-refractivity contribution in [2.45, 2.75) is 50.1 Å². The molecule has 1 aliphatic carbocycles. The van der Waals surface area contributed by atoms with Crippen LogP contribution < -0.4 is 0 Å². The SMILES string of the molecule is Clc1nc(C(COC2CCCCO2)(OC2CC2)c2cccs2)c2cc(I)ccc2n1. The van der Waals surface area contributed by atoms with Crippen molar-refractivity contribution in [2.75, 3.05) is 13.2 Å². The summed E-state index contributed by atoms with van der Waals surface area (Å²) in [5.74, 6) is 0. The van der Waals surface area contributed by atoms with E-state index in [1.54, 1.807) is 11.3 Å². The van der Waals surface area contributed by atoms with Crippen molar-refractivity contribution in [3.8, 4) is 0 Å². The zero-order valence-corrected chi connectivity index (χ0v) is 20.1. The van der Waals surface area contributed by atoms with Crippen LogP contribution in [-0.4, -0.2) is 35.6 Å². The number of hydrogen-bond donors (Lipinski definition) is 0. The minimum absolute atomic E-state index is 0.189. The van der Waals surface area contributed by atoms with Gasteiger partial charge in [0, 0.05) is 20.4 Å². The number of thiophene rings is 1. The summed E-state index contributed by atoms with van der Waals surface area (Å²) in [4.78, 5) is 10.2. The second-order valence-electron chi connectivity index (χ2n) is 7.73. The van der Waals surface area contributed by atoms with E-state index in [2.05, 4.69) is 45.1 Å². The molecule has 8 heteroatoms. The van der Waals surface area contributed by atoms with E-state index in [1.165, 1.54) is 0 Å². The molecule has 1 saturated carbocycles. The summed E-state index contributed by atoms with van der Waals surface area (Å²) in [5.41, 5.74) is 0.714. The molecular formula is C22H22ClIN2O3S. The van der Waals surface area contributed by atoms with Gasteiger partial charge in [0.1, 0.15) is 0 Å². The van der Waals surface area contributed by atoms with Crippen molar-refractivity contribution in [1.29, 1.82) is 0 Å². The number of aromatic nitrogens is 2. The first-order chi connectivity index (χ1) is 14.6. The Morgan fingerprint density at radius 3 is 2.83 bits per heavy atom. The Morgan fingerprint density at radius 2 is 2.10 bits per heavy atom. The third-order valence-electron chi connectivity index (χ3n) is 5.43. The highest BCUT2D eigenvalue weighted by Crippen LogP contribution is 2.44. The normalized spacial score (nSPS) is 21.6. The Hall–Kier alpha value is -0.840. The van der Waals surface area contributed by atoms with Crippen molar-refractivity contribution in [1.82, 2.24) is 9.97 Å². The molecule has 2 atom stereocenters. The molecule has 0 bridgehead atoms. The minimum atomic E-state index is -0.856. The largest absolute Gasteiger partial charge is 0.357 e. The molecule has 2 aromatic heterocycles. The average molecular weight is 557 g/mol. The van der Waals surface area contributed by atoms with E-state index in [4.69, 9.17) is 30.8 Å². The first kappa shape index (κ1) is 21.0. The van der Waals surface area contributed by atoms with Crippen molar-refractivity contribution in [3.05, 3.63) is 55.1 Å². The number of nitrogens with zero attached hydrogens (tertiary/aromatic N) is 2. The summed E-state index contributed by atoms with van der Waals surface area (Å²) in [7, 11) is 0. The summed E-state index contributed by atoms with van der Waals surface area (Å²) in [6.07, 6.45) is 5.15. The summed E-state index contributed by atoms with van der Waals surface area (Å²) in [5, 5.41) is 3.22. The quantitative estimate of drug-likeness (QED) is 0.267. The molecule has 3 heterocycles. The summed E-state index contributed by atoms with van der Waals surface area (Å²) < 4.78 is 20.0. The van der Waals surface area contributed by atoms with Gasteiger partial charge in [0.25, 0.3) is 0 Å². The first-order valence-electron chi connectivity index (χ1n) is 10.2. The van der Waals surface area contributed by atoms with Gasteiger partial charge >= 0.3 is 0 Å². The fourth-order valence-corrected chi connectivity index (χ4v) is 5.34. The van der Waals surface area contributed by atoms with E-state index in [1.807, 2.05) is 18.2 Å². The van der Waals surface area contributed by atoms with Crippen molar-refractivity contribution in [3.63, 3.8) is 0 Å². The van der Waals surface area contributed by atoms with Crippen LogP contribution in [0.4, 0.5) is 0 Å². The Bertz CT molecular complexity index is 1020. The maximum absolute atomic E-state index is 6.75. The molecule has 3 aromatic rings. The van der Waals surface area contributed by atoms with E-state index in [0.29, 0.717) is 6.61 Å². The van der Waals surface area contributed by atoms with Gasteiger partial charge in [-0.25, -0.2) is 9.97 Å². The summed E-state index contributed by atoms with van der Waals surface area (Å²) in [6, 6.07) is 10.2. The van der Waals surface area contributed by atoms with Crippen LogP contribution in [0.2, 0.25) is 5.28 Å². The molecule has 2 unspecified atom stereocenters. The highest BCUT2D eigenvalue weighted by atomic mass is 127. The topological polar surface area (TPSA) is 53.5 Å². The molecule has 158 valence electrons. The van der Waals surface area contributed by atoms with Crippen LogP contribution >= 0.6 is 45.5 Å². The fourth-order valence-electron chi connectivity index (χ4n) is 3.82. The van der Waals surface area contributed by atoms with Crippen LogP contribution in [0.3, 0.4) is 0 Å². The third-order valence-corrected chi connectivity index (χ3v) is 7.29. The van der Waals surface area contributed by atoms with Gasteiger partial charge in [-0.3, -0.25) is 0 Å². The average Bonchev–Trinajstić information content (AvgIpc) is 3.39. The van der Waals surface area contributed by atoms with Crippen LogP contribution in [-0.2, 0) is 19.8 Å². The van der Waals surface area contributed by atoms with Gasteiger partial charge in [-0.05, 0) is 95.9 Å². The third kappa shape index (κ3) is 4.38. The fraction of sp³-hybridized carbons (Fsp3) is 0.455. The molecule has 1 saturated heterocycles. The maximum Gasteiger partial charge on any atom is 0.223 e. The lowest BCUT2D eigenvalue weighted by Crippen LogP contribution is -2.40. The van der Waals surface area contributed by atoms with Gasteiger partial charge < -0.3 is 14.2 Å². The molecule has 0 radical (unpaired) electrons. The number of halogens is 2. The van der Waals surface area contributed by atoms with E-state index in [-0.39, 0.29) is 17.7 Å². The van der Waals surface area contributed by atoms with Crippen LogP contribution in [0.25, 0.3) is 10.9 Å². The molecule has 2 fully saturated rings. The van der Waals surface area contributed by atoms with Crippen molar-refractivity contribution in [2.24, 2.45) is 0 Å². The predicted molar refractivity (Wildman–Crippen MR) is 126 cm³/mol. The maximum atomic E-state index is 6.75. The van der Waals surface area contributed by atoms with Gasteiger partial charge in [-0.2, -0.15) is 0 Å². The molecule has 5 nitrogen and oxygen atoms in total. The molecule has 0 amide bonds. The van der Waals surface area contributed by atoms with Gasteiger partial charge in [0.05, 0.1) is 23.9 Å². The van der Waals surface area contributed by atoms with Gasteiger partial charge in [0.15, 0.2) is 11.9 Å². The Kier molecular flexibility index (Phi) is 6.28. The standard InChI is InChI=1S/C22H22ClIN2O3S/c23-21-25-17-9-6-14(24)12-16(17)20(26-21)22(29-15-7-8-15,18-4-3-11-30-18)13-28-19-5-1-2-10-27-19/h3-4,6,9,11-12,15,19H,1-2,5,7-8,10,13H2. The number of benzene rings is 1. The monoisotopic (exact) mass is 556 g/mol. The lowest BCUT2D eigenvalue weighted by Gasteiger charge is -2.35. The Balaban J connectivity index is 1.65. The minimum Gasteiger partial charge on any atom is -0.357 e. The number of fused-ring (bicyclic) bond motifs is 1. The highest BCUT2D eigenvalue weighted by Gasteiger charge is 2.45. The van der Waals surface area contributed by atoms with Gasteiger partial charge in [-0.1, -0.05) is 6.07 Å². The molecule has 0 N–H and O–H groups in total. The van der Waals surface area contributed by atoms with E-state index < -0.39 is 5.60 Å². The van der Waals surface area contributed by atoms with E-state index >= 15 is 0 Å². The van der Waals surface area contributed by atoms with E-state index in [9.17, 15) is 0 Å². The van der Waals surface area contributed by atoms with Crippen molar-refractivity contribution < 1.29 is 14.2 Å². The molecule has 2 aliphatic rings. The number of hydrogen-bond acceptors (Lipinski definition) is 6. The van der Waals surface area contributed by atoms with Gasteiger partial charge in [-0.15, -0.1) is 11.3 Å². The lowest BCUT2D eigenvalue weighted by atomic mass is 9.94. The molecule has 1 aliphatic heterocycles. The predicted octanol–water partition coefficient (Wildman–Crippen LogP) is 5.92. The first-order valence-corrected chi connectivity index (χ1v) is 12.6. The lowest BCUT2D eigenvalue weighted by molar-refractivity contribution is -0.197. The smallest absolute Gasteiger partial charge is 0.223 e. The van der Waals surface area contributed by atoms with Crippen LogP contribution in [0.15, 0.2) is 35.7 Å². The second-order valence-corrected chi connectivity index (χ2v) is 10.3. The molecular weight excluding hydrogens is 535 g/mol. The molecule has 5 rings (SSSR count). The van der Waals surface area contributed by atoms with Crippen LogP contribution in [0.5, 0.6) is 0 Å². The molecule has 30 heavy (non-hydrogen) atoms. The highest BCUT2D eigenvalue weighted by molar-refractivity contribution is 14.1. The Morgan fingerprint density at radius 1 is 1.20 bits per heavy atom.